The number of primary amides is 1. The van der Waals surface area contributed by atoms with Gasteiger partial charge in [-0.25, -0.2) is 4.79 Å². The molecule has 7 nitrogen and oxygen atoms in total. The van der Waals surface area contributed by atoms with E-state index >= 15 is 0 Å². The van der Waals surface area contributed by atoms with Crippen molar-refractivity contribution in [2.45, 2.75) is 71.3 Å². The number of aromatic nitrogens is 1. The SMILES string of the molecule is Cc1ccc([C@H](COC(N)=O)NC(=O)c2cnc3c(c2)CN(CC2CCC(C(F)(F)F)CC2)[C@H]3C(C)C)cc1. The van der Waals surface area contributed by atoms with Gasteiger partial charge in [0.15, 0.2) is 0 Å². The van der Waals surface area contributed by atoms with Crippen LogP contribution in [0.25, 0.3) is 0 Å². The van der Waals surface area contributed by atoms with E-state index in [4.69, 9.17) is 10.5 Å². The molecule has 1 aliphatic heterocycles. The van der Waals surface area contributed by atoms with Crippen LogP contribution in [0.4, 0.5) is 18.0 Å². The first kappa shape index (κ1) is 28.9. The average molecular weight is 547 g/mol. The number of fused-ring (bicyclic) bond motifs is 1. The lowest BCUT2D eigenvalue weighted by atomic mass is 9.81. The maximum absolute atomic E-state index is 13.2. The summed E-state index contributed by atoms with van der Waals surface area (Å²) in [7, 11) is 0. The highest BCUT2D eigenvalue weighted by molar-refractivity contribution is 5.94. The van der Waals surface area contributed by atoms with Crippen LogP contribution in [0.3, 0.4) is 0 Å². The molecule has 0 saturated heterocycles. The Balaban J connectivity index is 1.46. The second kappa shape index (κ2) is 11.9. The lowest BCUT2D eigenvalue weighted by Gasteiger charge is -2.35. The third-order valence-electron chi connectivity index (χ3n) is 7.92. The van der Waals surface area contributed by atoms with Crippen LogP contribution in [0.1, 0.15) is 84.4 Å². The summed E-state index contributed by atoms with van der Waals surface area (Å²) in [5.41, 5.74) is 9.23. The van der Waals surface area contributed by atoms with Crippen molar-refractivity contribution >= 4 is 12.0 Å². The van der Waals surface area contributed by atoms with E-state index in [1.807, 2.05) is 37.3 Å². The minimum Gasteiger partial charge on any atom is -0.447 e. The smallest absolute Gasteiger partial charge is 0.404 e. The molecule has 2 amide bonds. The maximum Gasteiger partial charge on any atom is 0.404 e. The summed E-state index contributed by atoms with van der Waals surface area (Å²) in [6.07, 6.45) is -1.97. The first-order chi connectivity index (χ1) is 18.4. The van der Waals surface area contributed by atoms with Crippen molar-refractivity contribution in [3.05, 3.63) is 64.5 Å². The van der Waals surface area contributed by atoms with Gasteiger partial charge in [0.25, 0.3) is 5.91 Å². The van der Waals surface area contributed by atoms with E-state index in [0.717, 1.165) is 22.4 Å². The fraction of sp³-hybridized carbons (Fsp3) is 0.552. The molecular formula is C29H37F3N4O3. The minimum atomic E-state index is -4.11. The van der Waals surface area contributed by atoms with Gasteiger partial charge in [-0.05, 0) is 61.6 Å². The van der Waals surface area contributed by atoms with Gasteiger partial charge in [0.1, 0.15) is 6.61 Å². The third-order valence-corrected chi connectivity index (χ3v) is 7.92. The zero-order chi connectivity index (χ0) is 28.3. The Bertz CT molecular complexity index is 1160. The summed E-state index contributed by atoms with van der Waals surface area (Å²) >= 11 is 0. The highest BCUT2D eigenvalue weighted by Gasteiger charge is 2.42. The van der Waals surface area contributed by atoms with E-state index in [1.54, 1.807) is 6.20 Å². The molecule has 2 aromatic rings. The number of benzene rings is 1. The molecule has 4 rings (SSSR count). The van der Waals surface area contributed by atoms with E-state index in [-0.39, 0.29) is 43.2 Å². The molecule has 1 saturated carbocycles. The summed E-state index contributed by atoms with van der Waals surface area (Å²) in [5.74, 6) is -1.08. The molecule has 3 N–H and O–H groups in total. The Kier molecular flexibility index (Phi) is 8.83. The number of carbonyl (C=O) groups is 2. The van der Waals surface area contributed by atoms with Gasteiger partial charge in [0.05, 0.1) is 29.3 Å². The monoisotopic (exact) mass is 546 g/mol. The fourth-order valence-electron chi connectivity index (χ4n) is 5.87. The number of carbonyl (C=O) groups excluding carboxylic acids is 2. The second-order valence-electron chi connectivity index (χ2n) is 11.2. The summed E-state index contributed by atoms with van der Waals surface area (Å²) in [5, 5.41) is 2.93. The van der Waals surface area contributed by atoms with Crippen LogP contribution >= 0.6 is 0 Å². The number of amides is 2. The quantitative estimate of drug-likeness (QED) is 0.434. The largest absolute Gasteiger partial charge is 0.447 e. The molecular weight excluding hydrogens is 509 g/mol. The van der Waals surface area contributed by atoms with Crippen molar-refractivity contribution in [3.8, 4) is 0 Å². The highest BCUT2D eigenvalue weighted by atomic mass is 19.4. The summed E-state index contributed by atoms with van der Waals surface area (Å²) < 4.78 is 44.3. The topological polar surface area (TPSA) is 97.5 Å². The maximum atomic E-state index is 13.2. The van der Waals surface area contributed by atoms with Crippen LogP contribution in [0.5, 0.6) is 0 Å². The summed E-state index contributed by atoms with van der Waals surface area (Å²) in [4.78, 5) is 31.4. The number of nitrogens with two attached hydrogens (primary N) is 1. The third kappa shape index (κ3) is 7.09. The molecule has 2 aliphatic rings. The molecule has 1 aromatic heterocycles. The van der Waals surface area contributed by atoms with Crippen molar-refractivity contribution in [1.82, 2.24) is 15.2 Å². The van der Waals surface area contributed by atoms with Crippen molar-refractivity contribution in [3.63, 3.8) is 0 Å². The van der Waals surface area contributed by atoms with Crippen molar-refractivity contribution in [2.24, 2.45) is 23.5 Å². The van der Waals surface area contributed by atoms with Crippen molar-refractivity contribution < 1.29 is 27.5 Å². The minimum absolute atomic E-state index is 0.0433. The van der Waals surface area contributed by atoms with Gasteiger partial charge in [-0.15, -0.1) is 0 Å². The standard InChI is InChI=1S/C29H37F3N4O3/c1-17(2)26-25-22(15-36(26)14-19-6-10-23(11-7-19)29(30,31)32)12-21(13-34-25)27(37)35-24(16-39-28(33)38)20-8-4-18(3)5-9-20/h4-5,8-9,12-13,17,19,23-24,26H,6-7,10-11,14-16H2,1-3H3,(H2,33,38)(H,35,37)/t19?,23?,24-,26-/m0/s1. The Morgan fingerprint density at radius 3 is 2.41 bits per heavy atom. The Morgan fingerprint density at radius 2 is 1.82 bits per heavy atom. The van der Waals surface area contributed by atoms with Crippen LogP contribution in [0.2, 0.25) is 0 Å². The van der Waals surface area contributed by atoms with Crippen molar-refractivity contribution in [1.29, 1.82) is 0 Å². The Morgan fingerprint density at radius 1 is 1.15 bits per heavy atom. The van der Waals surface area contributed by atoms with Gasteiger partial charge in [-0.3, -0.25) is 14.7 Å². The Labute approximate surface area is 227 Å². The first-order valence-electron chi connectivity index (χ1n) is 13.5. The number of alkyl halides is 3. The number of hydrogen-bond donors (Lipinski definition) is 2. The van der Waals surface area contributed by atoms with Gasteiger partial charge >= 0.3 is 12.3 Å². The van der Waals surface area contributed by atoms with E-state index in [0.29, 0.717) is 31.5 Å². The molecule has 0 bridgehead atoms. The molecule has 212 valence electrons. The predicted octanol–water partition coefficient (Wildman–Crippen LogP) is 5.84. The molecule has 2 atom stereocenters. The summed E-state index contributed by atoms with van der Waals surface area (Å²) in [6, 6.07) is 8.83. The predicted molar refractivity (Wildman–Crippen MR) is 141 cm³/mol. The zero-order valence-electron chi connectivity index (χ0n) is 22.6. The second-order valence-corrected chi connectivity index (χ2v) is 11.2. The lowest BCUT2D eigenvalue weighted by molar-refractivity contribution is -0.184. The normalized spacial score (nSPS) is 22.4. The zero-order valence-corrected chi connectivity index (χ0v) is 22.6. The molecule has 39 heavy (non-hydrogen) atoms. The van der Waals surface area contributed by atoms with Crippen LogP contribution in [0.15, 0.2) is 36.5 Å². The molecule has 1 aromatic carbocycles. The van der Waals surface area contributed by atoms with Gasteiger partial charge in [-0.2, -0.15) is 13.2 Å². The van der Waals surface area contributed by atoms with Gasteiger partial charge in [0, 0.05) is 19.3 Å². The van der Waals surface area contributed by atoms with E-state index < -0.39 is 24.2 Å². The molecule has 0 radical (unpaired) electrons. The number of rotatable bonds is 8. The Hall–Kier alpha value is -3.14. The van der Waals surface area contributed by atoms with E-state index in [1.165, 1.54) is 0 Å². The van der Waals surface area contributed by atoms with Crippen LogP contribution < -0.4 is 11.1 Å². The van der Waals surface area contributed by atoms with Crippen LogP contribution in [-0.4, -0.2) is 41.2 Å². The average Bonchev–Trinajstić information content (AvgIpc) is 3.24. The fourth-order valence-corrected chi connectivity index (χ4v) is 5.87. The highest BCUT2D eigenvalue weighted by Crippen LogP contribution is 2.43. The molecule has 1 fully saturated rings. The number of nitrogens with zero attached hydrogens (tertiary/aromatic N) is 2. The number of nitrogens with one attached hydrogen (secondary N) is 1. The number of aryl methyl sites for hydroxylation is 1. The van der Waals surface area contributed by atoms with Gasteiger partial charge in [0.2, 0.25) is 0 Å². The van der Waals surface area contributed by atoms with E-state index in [9.17, 15) is 22.8 Å². The number of ether oxygens (including phenoxy) is 1. The van der Waals surface area contributed by atoms with E-state index in [2.05, 4.69) is 29.0 Å². The number of halogens is 3. The number of hydrogen-bond acceptors (Lipinski definition) is 5. The van der Waals surface area contributed by atoms with Crippen LogP contribution in [-0.2, 0) is 11.3 Å². The van der Waals surface area contributed by atoms with Crippen LogP contribution in [0, 0.1) is 24.7 Å². The number of pyridine rings is 1. The molecule has 10 heteroatoms. The molecule has 0 spiro atoms. The summed E-state index contributed by atoms with van der Waals surface area (Å²) in [6.45, 7) is 7.38. The molecule has 0 unspecified atom stereocenters. The van der Waals surface area contributed by atoms with Gasteiger partial charge < -0.3 is 15.8 Å². The van der Waals surface area contributed by atoms with Crippen molar-refractivity contribution in [2.75, 3.05) is 13.2 Å². The lowest BCUT2D eigenvalue weighted by Crippen LogP contribution is -2.35. The molecule has 2 heterocycles. The first-order valence-corrected chi connectivity index (χ1v) is 13.5. The van der Waals surface area contributed by atoms with Gasteiger partial charge in [-0.1, -0.05) is 43.7 Å². The molecule has 1 aliphatic carbocycles.